The van der Waals surface area contributed by atoms with Crippen molar-refractivity contribution in [1.29, 1.82) is 5.26 Å². The molecule has 1 aromatic heterocycles. The molecule has 0 fully saturated rings. The third-order valence-electron chi connectivity index (χ3n) is 3.58. The largest absolute Gasteiger partial charge is 0.455 e. The number of nitrogens with zero attached hydrogens (tertiary/aromatic N) is 1. The van der Waals surface area contributed by atoms with Crippen molar-refractivity contribution in [3.05, 3.63) is 69.4 Å². The quantitative estimate of drug-likeness (QED) is 0.625. The van der Waals surface area contributed by atoms with E-state index in [0.717, 1.165) is 15.4 Å². The number of carbonyl (C=O) groups excluding carboxylic acids is 1. The number of carbonyl (C=O) groups is 1. The van der Waals surface area contributed by atoms with Gasteiger partial charge in [-0.1, -0.05) is 34.1 Å². The Balaban J connectivity index is 1.84. The van der Waals surface area contributed by atoms with E-state index in [1.165, 1.54) is 0 Å². The van der Waals surface area contributed by atoms with Crippen molar-refractivity contribution in [3.8, 4) is 6.07 Å². The Morgan fingerprint density at radius 3 is 2.87 bits per heavy atom. The molecule has 114 valence electrons. The van der Waals surface area contributed by atoms with Crippen molar-refractivity contribution in [1.82, 2.24) is 0 Å². The molecule has 4 nitrogen and oxygen atoms in total. The van der Waals surface area contributed by atoms with E-state index >= 15 is 0 Å². The topological polar surface area (TPSA) is 63.2 Å². The number of ether oxygens (including phenoxy) is 1. The molecule has 0 bridgehead atoms. The van der Waals surface area contributed by atoms with Crippen LogP contribution in [0.25, 0.3) is 11.0 Å². The fraction of sp³-hybridized carbons (Fsp3) is 0.111. The van der Waals surface area contributed by atoms with Crippen LogP contribution in [0.15, 0.2) is 51.4 Å². The number of rotatable bonds is 3. The Kier molecular flexibility index (Phi) is 4.18. The molecule has 0 aliphatic heterocycles. The van der Waals surface area contributed by atoms with Crippen LogP contribution in [0.5, 0.6) is 0 Å². The van der Waals surface area contributed by atoms with Crippen molar-refractivity contribution in [3.63, 3.8) is 0 Å². The summed E-state index contributed by atoms with van der Waals surface area (Å²) < 4.78 is 11.8. The normalized spacial score (nSPS) is 10.5. The molecular formula is C18H12BrNO3. The van der Waals surface area contributed by atoms with Crippen LogP contribution in [0.4, 0.5) is 0 Å². The van der Waals surface area contributed by atoms with Gasteiger partial charge < -0.3 is 9.15 Å². The van der Waals surface area contributed by atoms with Crippen molar-refractivity contribution < 1.29 is 13.9 Å². The zero-order chi connectivity index (χ0) is 16.4. The Labute approximate surface area is 141 Å². The number of aryl methyl sites for hydroxylation is 1. The standard InChI is InChI=1S/C18H12BrNO3/c1-11-15-8-14(19)6-7-16(15)23-17(11)18(21)22-10-13-5-3-2-4-12(13)9-20/h2-8H,10H2,1H3. The molecule has 0 spiro atoms. The first-order valence-electron chi connectivity index (χ1n) is 6.94. The van der Waals surface area contributed by atoms with Crippen molar-refractivity contribution >= 4 is 32.9 Å². The van der Waals surface area contributed by atoms with Gasteiger partial charge >= 0.3 is 5.97 Å². The second kappa shape index (κ2) is 6.27. The lowest BCUT2D eigenvalue weighted by molar-refractivity contribution is 0.0437. The second-order valence-electron chi connectivity index (χ2n) is 5.04. The fourth-order valence-corrected chi connectivity index (χ4v) is 2.71. The highest BCUT2D eigenvalue weighted by Crippen LogP contribution is 2.28. The van der Waals surface area contributed by atoms with Gasteiger partial charge in [0, 0.05) is 21.0 Å². The summed E-state index contributed by atoms with van der Waals surface area (Å²) in [5, 5.41) is 9.92. The van der Waals surface area contributed by atoms with E-state index in [1.807, 2.05) is 19.1 Å². The van der Waals surface area contributed by atoms with Crippen LogP contribution in [0.1, 0.15) is 27.2 Å². The molecule has 0 unspecified atom stereocenters. The molecule has 0 atom stereocenters. The van der Waals surface area contributed by atoms with Crippen LogP contribution in [0.2, 0.25) is 0 Å². The van der Waals surface area contributed by atoms with Crippen LogP contribution in [-0.2, 0) is 11.3 Å². The predicted octanol–water partition coefficient (Wildman–Crippen LogP) is 4.73. The number of hydrogen-bond donors (Lipinski definition) is 0. The number of nitriles is 1. The van der Waals surface area contributed by atoms with E-state index in [1.54, 1.807) is 30.3 Å². The van der Waals surface area contributed by atoms with Gasteiger partial charge in [-0.05, 0) is 31.2 Å². The SMILES string of the molecule is Cc1c(C(=O)OCc2ccccc2C#N)oc2ccc(Br)cc12. The molecule has 0 radical (unpaired) electrons. The smallest absolute Gasteiger partial charge is 0.374 e. The molecule has 23 heavy (non-hydrogen) atoms. The molecule has 2 aromatic carbocycles. The summed E-state index contributed by atoms with van der Waals surface area (Å²) >= 11 is 3.40. The fourth-order valence-electron chi connectivity index (χ4n) is 2.35. The average Bonchev–Trinajstić information content (AvgIpc) is 2.89. The summed E-state index contributed by atoms with van der Waals surface area (Å²) in [6, 6.07) is 14.6. The third kappa shape index (κ3) is 2.99. The molecule has 0 aliphatic rings. The maximum atomic E-state index is 12.3. The van der Waals surface area contributed by atoms with Gasteiger partial charge in [0.05, 0.1) is 11.6 Å². The zero-order valence-electron chi connectivity index (χ0n) is 12.3. The molecule has 0 saturated carbocycles. The van der Waals surface area contributed by atoms with Crippen molar-refractivity contribution in [2.75, 3.05) is 0 Å². The Morgan fingerprint density at radius 2 is 2.09 bits per heavy atom. The number of hydrogen-bond acceptors (Lipinski definition) is 4. The number of benzene rings is 2. The average molecular weight is 370 g/mol. The summed E-state index contributed by atoms with van der Waals surface area (Å²) in [4.78, 5) is 12.3. The minimum absolute atomic E-state index is 0.0305. The van der Waals surface area contributed by atoms with Crippen LogP contribution < -0.4 is 0 Å². The molecule has 3 rings (SSSR count). The van der Waals surface area contributed by atoms with E-state index in [-0.39, 0.29) is 12.4 Å². The minimum atomic E-state index is -0.539. The lowest BCUT2D eigenvalue weighted by Gasteiger charge is -2.05. The molecule has 0 saturated heterocycles. The first-order valence-corrected chi connectivity index (χ1v) is 7.73. The van der Waals surface area contributed by atoms with Crippen LogP contribution in [0, 0.1) is 18.3 Å². The first-order chi connectivity index (χ1) is 11.1. The predicted molar refractivity (Wildman–Crippen MR) is 88.9 cm³/mol. The third-order valence-corrected chi connectivity index (χ3v) is 4.07. The minimum Gasteiger partial charge on any atom is -0.455 e. The summed E-state index contributed by atoms with van der Waals surface area (Å²) in [5.74, 6) is -0.352. The maximum Gasteiger partial charge on any atom is 0.374 e. The Morgan fingerprint density at radius 1 is 1.30 bits per heavy atom. The number of fused-ring (bicyclic) bond motifs is 1. The van der Waals surface area contributed by atoms with Crippen LogP contribution in [-0.4, -0.2) is 5.97 Å². The Hall–Kier alpha value is -2.58. The number of furan rings is 1. The lowest BCUT2D eigenvalue weighted by Crippen LogP contribution is -2.06. The summed E-state index contributed by atoms with van der Waals surface area (Å²) in [7, 11) is 0. The van der Waals surface area contributed by atoms with Gasteiger partial charge in [0.15, 0.2) is 0 Å². The van der Waals surface area contributed by atoms with Crippen molar-refractivity contribution in [2.24, 2.45) is 0 Å². The Bertz CT molecular complexity index is 937. The maximum absolute atomic E-state index is 12.3. The highest BCUT2D eigenvalue weighted by Gasteiger charge is 2.19. The van der Waals surface area contributed by atoms with E-state index in [4.69, 9.17) is 14.4 Å². The van der Waals surface area contributed by atoms with Crippen LogP contribution in [0.3, 0.4) is 0 Å². The summed E-state index contributed by atoms with van der Waals surface area (Å²) in [5.41, 5.74) is 2.53. The molecular weight excluding hydrogens is 358 g/mol. The van der Waals surface area contributed by atoms with E-state index < -0.39 is 5.97 Å². The second-order valence-corrected chi connectivity index (χ2v) is 5.96. The van der Waals surface area contributed by atoms with E-state index in [9.17, 15) is 4.79 Å². The van der Waals surface area contributed by atoms with Gasteiger partial charge in [0.25, 0.3) is 0 Å². The molecule has 3 aromatic rings. The van der Waals surface area contributed by atoms with Gasteiger partial charge in [-0.3, -0.25) is 0 Å². The summed E-state index contributed by atoms with van der Waals surface area (Å²) in [6.07, 6.45) is 0. The van der Waals surface area contributed by atoms with E-state index in [2.05, 4.69) is 22.0 Å². The molecule has 1 heterocycles. The number of esters is 1. The highest BCUT2D eigenvalue weighted by molar-refractivity contribution is 9.10. The van der Waals surface area contributed by atoms with Gasteiger partial charge in [-0.25, -0.2) is 4.79 Å². The van der Waals surface area contributed by atoms with E-state index in [0.29, 0.717) is 16.7 Å². The summed E-state index contributed by atoms with van der Waals surface area (Å²) in [6.45, 7) is 1.85. The van der Waals surface area contributed by atoms with Crippen molar-refractivity contribution in [2.45, 2.75) is 13.5 Å². The zero-order valence-corrected chi connectivity index (χ0v) is 13.9. The van der Waals surface area contributed by atoms with Gasteiger partial charge in [-0.15, -0.1) is 0 Å². The van der Waals surface area contributed by atoms with Gasteiger partial charge in [0.1, 0.15) is 12.2 Å². The molecule has 0 amide bonds. The lowest BCUT2D eigenvalue weighted by atomic mass is 10.1. The highest BCUT2D eigenvalue weighted by atomic mass is 79.9. The van der Waals surface area contributed by atoms with Gasteiger partial charge in [-0.2, -0.15) is 5.26 Å². The first kappa shape index (κ1) is 15.3. The molecule has 5 heteroatoms. The van der Waals surface area contributed by atoms with Gasteiger partial charge in [0.2, 0.25) is 5.76 Å². The molecule has 0 N–H and O–H groups in total. The molecule has 0 aliphatic carbocycles. The monoisotopic (exact) mass is 369 g/mol. The number of halogens is 1. The van der Waals surface area contributed by atoms with Crippen LogP contribution >= 0.6 is 15.9 Å².